The fourth-order valence-corrected chi connectivity index (χ4v) is 9.92. The smallest absolute Gasteiger partial charge is 0.220 e. The summed E-state index contributed by atoms with van der Waals surface area (Å²) in [5.74, 6) is -0.173. The molecule has 6 N–H and O–H groups in total. The van der Waals surface area contributed by atoms with Crippen molar-refractivity contribution in [3.05, 3.63) is 24.3 Å². The maximum absolute atomic E-state index is 13.0. The van der Waals surface area contributed by atoms with Gasteiger partial charge in [-0.2, -0.15) is 0 Å². The van der Waals surface area contributed by atoms with Gasteiger partial charge in [-0.25, -0.2) is 0 Å². The average molecular weight is 993 g/mol. The highest BCUT2D eigenvalue weighted by molar-refractivity contribution is 5.76. The summed E-state index contributed by atoms with van der Waals surface area (Å²) in [6, 6.07) is -0.800. The van der Waals surface area contributed by atoms with Gasteiger partial charge in [0.2, 0.25) is 5.91 Å². The van der Waals surface area contributed by atoms with Crippen molar-refractivity contribution in [2.75, 3.05) is 13.2 Å². The minimum absolute atomic E-state index is 0.173. The van der Waals surface area contributed by atoms with Gasteiger partial charge in [0.1, 0.15) is 24.4 Å². The molecule has 7 atom stereocenters. The number of aliphatic hydroxyl groups excluding tert-OH is 5. The minimum atomic E-state index is -1.56. The second kappa shape index (κ2) is 51.2. The van der Waals surface area contributed by atoms with Crippen LogP contribution in [-0.4, -0.2) is 87.5 Å². The number of carbonyl (C=O) groups excluding carboxylic acids is 1. The maximum atomic E-state index is 13.0. The highest BCUT2D eigenvalue weighted by Gasteiger charge is 2.44. The molecule has 0 aromatic heterocycles. The summed E-state index contributed by atoms with van der Waals surface area (Å²) < 4.78 is 11.2. The van der Waals surface area contributed by atoms with E-state index in [0.29, 0.717) is 6.42 Å². The van der Waals surface area contributed by atoms with Gasteiger partial charge in [0.05, 0.1) is 25.4 Å². The molecule has 0 aromatic carbocycles. The van der Waals surface area contributed by atoms with E-state index in [1.165, 1.54) is 244 Å². The van der Waals surface area contributed by atoms with Crippen molar-refractivity contribution in [1.82, 2.24) is 5.32 Å². The second-order valence-electron chi connectivity index (χ2n) is 21.5. The summed E-state index contributed by atoms with van der Waals surface area (Å²) in [5.41, 5.74) is 0. The molecule has 1 saturated heterocycles. The van der Waals surface area contributed by atoms with Crippen molar-refractivity contribution in [3.63, 3.8) is 0 Å². The number of rotatable bonds is 53. The lowest BCUT2D eigenvalue weighted by atomic mass is 9.99. The van der Waals surface area contributed by atoms with E-state index in [9.17, 15) is 30.3 Å². The monoisotopic (exact) mass is 992 g/mol. The molecule has 1 aliphatic heterocycles. The van der Waals surface area contributed by atoms with Crippen LogP contribution in [0.25, 0.3) is 0 Å². The zero-order chi connectivity index (χ0) is 50.8. The number of hydrogen-bond donors (Lipinski definition) is 6. The molecule has 0 radical (unpaired) electrons. The summed E-state index contributed by atoms with van der Waals surface area (Å²) in [7, 11) is 0. The Hall–Kier alpha value is -1.33. The highest BCUT2D eigenvalue weighted by Crippen LogP contribution is 2.23. The quantitative estimate of drug-likeness (QED) is 0.0261. The standard InChI is InChI=1S/C61H117NO8/c1-3-5-7-9-11-13-15-16-17-18-19-20-21-22-23-24-25-26-27-28-29-30-31-32-33-34-35-36-37-38-39-40-41-43-45-47-49-51-57(65)62-54(53-69-61-60(68)59(67)58(66)56(52-63)70-61)55(64)50-48-46-44-42-14-12-10-8-6-4-2/h18-19,48,50,54-56,58-61,63-64,66-68H,3-17,20-47,49,51-53H2,1-2H3,(H,62,65)/b19-18-,50-48+. The third-order valence-corrected chi connectivity index (χ3v) is 14.8. The van der Waals surface area contributed by atoms with Crippen molar-refractivity contribution in [1.29, 1.82) is 0 Å². The Balaban J connectivity index is 2.01. The fraction of sp³-hybridized carbons (Fsp3) is 0.918. The summed E-state index contributed by atoms with van der Waals surface area (Å²) in [6.07, 6.45) is 58.7. The third-order valence-electron chi connectivity index (χ3n) is 14.8. The molecule has 1 aliphatic rings. The van der Waals surface area contributed by atoms with E-state index in [-0.39, 0.29) is 12.5 Å². The van der Waals surface area contributed by atoms with Crippen LogP contribution >= 0.6 is 0 Å². The van der Waals surface area contributed by atoms with Gasteiger partial charge >= 0.3 is 0 Å². The number of ether oxygens (including phenoxy) is 2. The Morgan fingerprint density at radius 2 is 0.800 bits per heavy atom. The second-order valence-corrected chi connectivity index (χ2v) is 21.5. The molecule has 0 bridgehead atoms. The van der Waals surface area contributed by atoms with Crippen LogP contribution in [-0.2, 0) is 14.3 Å². The highest BCUT2D eigenvalue weighted by atomic mass is 16.7. The van der Waals surface area contributed by atoms with Gasteiger partial charge in [-0.15, -0.1) is 0 Å². The largest absolute Gasteiger partial charge is 0.394 e. The average Bonchev–Trinajstić information content (AvgIpc) is 3.36. The van der Waals surface area contributed by atoms with Crippen LogP contribution in [0.1, 0.15) is 303 Å². The first kappa shape index (κ1) is 66.7. The van der Waals surface area contributed by atoms with Crippen molar-refractivity contribution >= 4 is 5.91 Å². The molecule has 1 amide bonds. The van der Waals surface area contributed by atoms with Crippen molar-refractivity contribution in [3.8, 4) is 0 Å². The van der Waals surface area contributed by atoms with Gasteiger partial charge in [-0.05, 0) is 44.9 Å². The molecule has 0 spiro atoms. The lowest BCUT2D eigenvalue weighted by Crippen LogP contribution is -2.60. The first-order valence-corrected chi connectivity index (χ1v) is 30.6. The van der Waals surface area contributed by atoms with Crippen LogP contribution in [0.4, 0.5) is 0 Å². The molecule has 0 saturated carbocycles. The van der Waals surface area contributed by atoms with Crippen LogP contribution in [0.3, 0.4) is 0 Å². The molecule has 0 aromatic rings. The first-order chi connectivity index (χ1) is 34.3. The molecule has 1 heterocycles. The SMILES string of the molecule is CCCCCCCCCC/C=C\CCCCCCCCCCCCCCCCCCCCCCCCCCCC(=O)NC(COC1OC(CO)C(O)C(O)C1O)C(O)/C=C/CCCCCCCCCC. The molecular weight excluding hydrogens is 875 g/mol. The van der Waals surface area contributed by atoms with Crippen molar-refractivity contribution in [2.45, 2.75) is 346 Å². The Morgan fingerprint density at radius 1 is 0.471 bits per heavy atom. The molecule has 0 aliphatic carbocycles. The first-order valence-electron chi connectivity index (χ1n) is 30.6. The fourth-order valence-electron chi connectivity index (χ4n) is 9.92. The van der Waals surface area contributed by atoms with Crippen LogP contribution in [0.15, 0.2) is 24.3 Å². The minimum Gasteiger partial charge on any atom is -0.394 e. The molecule has 1 fully saturated rings. The van der Waals surface area contributed by atoms with Crippen LogP contribution in [0, 0.1) is 0 Å². The molecular formula is C61H117NO8. The van der Waals surface area contributed by atoms with Gasteiger partial charge in [-0.1, -0.05) is 276 Å². The van der Waals surface area contributed by atoms with E-state index >= 15 is 0 Å². The normalized spacial score (nSPS) is 19.4. The van der Waals surface area contributed by atoms with Crippen LogP contribution < -0.4 is 5.32 Å². The molecule has 414 valence electrons. The molecule has 7 unspecified atom stereocenters. The van der Waals surface area contributed by atoms with Crippen LogP contribution in [0.2, 0.25) is 0 Å². The Bertz CT molecular complexity index is 1150. The number of aliphatic hydroxyl groups is 5. The third kappa shape index (κ3) is 40.1. The van der Waals surface area contributed by atoms with E-state index in [1.54, 1.807) is 6.08 Å². The van der Waals surface area contributed by atoms with Gasteiger partial charge in [-0.3, -0.25) is 4.79 Å². The zero-order valence-corrected chi connectivity index (χ0v) is 46.0. The van der Waals surface area contributed by atoms with Gasteiger partial charge in [0.15, 0.2) is 6.29 Å². The number of carbonyl (C=O) groups is 1. The summed E-state index contributed by atoms with van der Waals surface area (Å²) in [4.78, 5) is 13.0. The molecule has 70 heavy (non-hydrogen) atoms. The van der Waals surface area contributed by atoms with Crippen LogP contribution in [0.5, 0.6) is 0 Å². The predicted octanol–water partition coefficient (Wildman–Crippen LogP) is 15.4. The zero-order valence-electron chi connectivity index (χ0n) is 46.0. The van der Waals surface area contributed by atoms with Gasteiger partial charge < -0.3 is 40.3 Å². The number of nitrogens with one attached hydrogen (secondary N) is 1. The summed E-state index contributed by atoms with van der Waals surface area (Å²) in [6.45, 7) is 3.78. The summed E-state index contributed by atoms with van der Waals surface area (Å²) >= 11 is 0. The Morgan fingerprint density at radius 3 is 1.16 bits per heavy atom. The van der Waals surface area contributed by atoms with E-state index in [2.05, 4.69) is 31.3 Å². The predicted molar refractivity (Wildman–Crippen MR) is 295 cm³/mol. The number of amides is 1. The van der Waals surface area contributed by atoms with Gasteiger partial charge in [0, 0.05) is 6.42 Å². The number of allylic oxidation sites excluding steroid dienone is 3. The number of hydrogen-bond acceptors (Lipinski definition) is 8. The maximum Gasteiger partial charge on any atom is 0.220 e. The van der Waals surface area contributed by atoms with Gasteiger partial charge in [0.25, 0.3) is 0 Å². The number of unbranched alkanes of at least 4 members (excludes halogenated alkanes) is 41. The van der Waals surface area contributed by atoms with E-state index < -0.39 is 49.5 Å². The lowest BCUT2D eigenvalue weighted by Gasteiger charge is -2.40. The lowest BCUT2D eigenvalue weighted by molar-refractivity contribution is -0.302. The Labute approximate surface area is 432 Å². The Kier molecular flexibility index (Phi) is 48.7. The molecule has 1 rings (SSSR count). The summed E-state index contributed by atoms with van der Waals surface area (Å²) in [5, 5.41) is 54.3. The van der Waals surface area contributed by atoms with E-state index in [1.807, 2.05) is 6.08 Å². The van der Waals surface area contributed by atoms with E-state index in [4.69, 9.17) is 9.47 Å². The topological polar surface area (TPSA) is 149 Å². The van der Waals surface area contributed by atoms with E-state index in [0.717, 1.165) is 38.5 Å². The van der Waals surface area contributed by atoms with Crippen molar-refractivity contribution < 1.29 is 39.8 Å². The molecule has 9 heteroatoms. The molecule has 9 nitrogen and oxygen atoms in total. The van der Waals surface area contributed by atoms with Crippen molar-refractivity contribution in [2.24, 2.45) is 0 Å².